The Kier molecular flexibility index (Phi) is 3.97. The normalized spacial score (nSPS) is 18.6. The van der Waals surface area contributed by atoms with Gasteiger partial charge in [-0.05, 0) is 26.7 Å². The lowest BCUT2D eigenvalue weighted by Crippen LogP contribution is -2.37. The molecule has 0 aromatic carbocycles. The zero-order valence-electron chi connectivity index (χ0n) is 12.6. The smallest absolute Gasteiger partial charge is 0.135 e. The highest BCUT2D eigenvalue weighted by Crippen LogP contribution is 2.32. The van der Waals surface area contributed by atoms with Crippen LogP contribution in [-0.4, -0.2) is 15.5 Å². The van der Waals surface area contributed by atoms with Crippen molar-refractivity contribution in [3.05, 3.63) is 11.4 Å². The Labute approximate surface area is 116 Å². The first-order valence-corrected chi connectivity index (χ1v) is 7.33. The maximum Gasteiger partial charge on any atom is 0.135 e. The Morgan fingerprint density at radius 2 is 1.79 bits per heavy atom. The maximum absolute atomic E-state index is 6.02. The van der Waals surface area contributed by atoms with Gasteiger partial charge in [0.2, 0.25) is 0 Å². The minimum Gasteiger partial charge on any atom is -0.383 e. The third kappa shape index (κ3) is 3.17. The van der Waals surface area contributed by atoms with Gasteiger partial charge in [0.05, 0.1) is 0 Å². The predicted molar refractivity (Wildman–Crippen MR) is 80.4 cm³/mol. The number of nitrogen functional groups attached to an aromatic ring is 1. The van der Waals surface area contributed by atoms with Gasteiger partial charge in [-0.15, -0.1) is 0 Å². The second-order valence-electron chi connectivity index (χ2n) is 6.34. The van der Waals surface area contributed by atoms with Gasteiger partial charge in [-0.3, -0.25) is 0 Å². The summed E-state index contributed by atoms with van der Waals surface area (Å²) in [6, 6.07) is 0. The number of anilines is 2. The molecule has 0 radical (unpaired) electrons. The van der Waals surface area contributed by atoms with Crippen LogP contribution >= 0.6 is 0 Å². The standard InChI is InChI=1S/C15H26N4/c1-10(2)13-17-12(16)11(3)14(18-13)19-15(4)8-6-5-7-9-15/h10H,5-9H2,1-4H3,(H3,16,17,18,19). The maximum atomic E-state index is 6.02. The molecule has 2 rings (SSSR count). The topological polar surface area (TPSA) is 63.8 Å². The summed E-state index contributed by atoms with van der Waals surface area (Å²) < 4.78 is 0. The molecule has 1 aromatic heterocycles. The molecule has 0 saturated heterocycles. The van der Waals surface area contributed by atoms with Crippen molar-refractivity contribution in [3.63, 3.8) is 0 Å². The second kappa shape index (κ2) is 5.35. The van der Waals surface area contributed by atoms with Crippen molar-refractivity contribution in [1.29, 1.82) is 0 Å². The van der Waals surface area contributed by atoms with E-state index in [4.69, 9.17) is 5.73 Å². The molecule has 0 spiro atoms. The van der Waals surface area contributed by atoms with Crippen LogP contribution in [0.15, 0.2) is 0 Å². The molecular weight excluding hydrogens is 236 g/mol. The van der Waals surface area contributed by atoms with E-state index in [0.717, 1.165) is 17.2 Å². The van der Waals surface area contributed by atoms with E-state index in [9.17, 15) is 0 Å². The van der Waals surface area contributed by atoms with Gasteiger partial charge in [0, 0.05) is 17.0 Å². The summed E-state index contributed by atoms with van der Waals surface area (Å²) in [7, 11) is 0. The van der Waals surface area contributed by atoms with Crippen LogP contribution in [0.25, 0.3) is 0 Å². The molecule has 1 heterocycles. The van der Waals surface area contributed by atoms with Crippen LogP contribution in [0.5, 0.6) is 0 Å². The molecule has 0 unspecified atom stereocenters. The number of nitrogens with one attached hydrogen (secondary N) is 1. The summed E-state index contributed by atoms with van der Waals surface area (Å²) in [5, 5.41) is 3.63. The monoisotopic (exact) mass is 262 g/mol. The first-order valence-electron chi connectivity index (χ1n) is 7.33. The van der Waals surface area contributed by atoms with Gasteiger partial charge in [-0.2, -0.15) is 0 Å². The molecule has 1 aliphatic carbocycles. The molecule has 1 saturated carbocycles. The van der Waals surface area contributed by atoms with Gasteiger partial charge in [0.15, 0.2) is 0 Å². The van der Waals surface area contributed by atoms with E-state index in [-0.39, 0.29) is 5.54 Å². The zero-order valence-corrected chi connectivity index (χ0v) is 12.6. The molecule has 1 aliphatic rings. The number of nitrogens with two attached hydrogens (primary N) is 1. The van der Waals surface area contributed by atoms with E-state index in [1.54, 1.807) is 0 Å². The molecule has 106 valence electrons. The van der Waals surface area contributed by atoms with Crippen molar-refractivity contribution < 1.29 is 0 Å². The van der Waals surface area contributed by atoms with E-state index in [2.05, 4.69) is 36.1 Å². The summed E-state index contributed by atoms with van der Waals surface area (Å²) >= 11 is 0. The molecule has 4 heteroatoms. The average molecular weight is 262 g/mol. The molecule has 1 fully saturated rings. The summed E-state index contributed by atoms with van der Waals surface area (Å²) in [6.45, 7) is 8.47. The Bertz CT molecular complexity index is 448. The number of nitrogens with zero attached hydrogens (tertiary/aromatic N) is 2. The van der Waals surface area contributed by atoms with Gasteiger partial charge in [-0.25, -0.2) is 9.97 Å². The predicted octanol–water partition coefficient (Wildman–Crippen LogP) is 3.63. The summed E-state index contributed by atoms with van der Waals surface area (Å²) in [5.74, 6) is 2.63. The van der Waals surface area contributed by atoms with Gasteiger partial charge in [0.1, 0.15) is 17.5 Å². The molecule has 0 atom stereocenters. The van der Waals surface area contributed by atoms with Crippen LogP contribution in [0.3, 0.4) is 0 Å². The largest absolute Gasteiger partial charge is 0.383 e. The molecule has 1 aromatic rings. The lowest BCUT2D eigenvalue weighted by molar-refractivity contribution is 0.348. The highest BCUT2D eigenvalue weighted by molar-refractivity contribution is 5.56. The molecule has 0 amide bonds. The SMILES string of the molecule is Cc1c(N)nc(C(C)C)nc1NC1(C)CCCCC1. The van der Waals surface area contributed by atoms with Crippen molar-refractivity contribution in [2.45, 2.75) is 71.3 Å². The molecule has 0 aliphatic heterocycles. The van der Waals surface area contributed by atoms with Crippen molar-refractivity contribution in [3.8, 4) is 0 Å². The van der Waals surface area contributed by atoms with E-state index in [1.807, 2.05) is 6.92 Å². The van der Waals surface area contributed by atoms with Gasteiger partial charge in [-0.1, -0.05) is 33.1 Å². The van der Waals surface area contributed by atoms with Crippen LogP contribution in [0.1, 0.15) is 70.2 Å². The van der Waals surface area contributed by atoms with Crippen molar-refractivity contribution in [2.24, 2.45) is 0 Å². The summed E-state index contributed by atoms with van der Waals surface area (Å²) in [5.41, 5.74) is 7.14. The third-order valence-corrected chi connectivity index (χ3v) is 4.09. The highest BCUT2D eigenvalue weighted by Gasteiger charge is 2.28. The number of aromatic nitrogens is 2. The van der Waals surface area contributed by atoms with E-state index in [0.29, 0.717) is 11.7 Å². The van der Waals surface area contributed by atoms with Gasteiger partial charge in [0.25, 0.3) is 0 Å². The number of rotatable bonds is 3. The highest BCUT2D eigenvalue weighted by atomic mass is 15.1. The molecule has 0 bridgehead atoms. The minimum absolute atomic E-state index is 0.151. The summed E-state index contributed by atoms with van der Waals surface area (Å²) in [4.78, 5) is 9.05. The van der Waals surface area contributed by atoms with Crippen molar-refractivity contribution >= 4 is 11.6 Å². The zero-order chi connectivity index (χ0) is 14.0. The van der Waals surface area contributed by atoms with Crippen LogP contribution in [-0.2, 0) is 0 Å². The lowest BCUT2D eigenvalue weighted by atomic mass is 9.83. The average Bonchev–Trinajstić information content (AvgIpc) is 2.35. The molecule has 3 N–H and O–H groups in total. The fraction of sp³-hybridized carbons (Fsp3) is 0.733. The van der Waals surface area contributed by atoms with Crippen molar-refractivity contribution in [2.75, 3.05) is 11.1 Å². The Hall–Kier alpha value is -1.32. The lowest BCUT2D eigenvalue weighted by Gasteiger charge is -2.35. The van der Waals surface area contributed by atoms with Crippen LogP contribution < -0.4 is 11.1 Å². The number of hydrogen-bond donors (Lipinski definition) is 2. The van der Waals surface area contributed by atoms with Crippen LogP contribution in [0.4, 0.5) is 11.6 Å². The van der Waals surface area contributed by atoms with E-state index >= 15 is 0 Å². The fourth-order valence-electron chi connectivity index (χ4n) is 2.67. The summed E-state index contributed by atoms with van der Waals surface area (Å²) in [6.07, 6.45) is 6.33. The first kappa shape index (κ1) is 14.1. The second-order valence-corrected chi connectivity index (χ2v) is 6.34. The number of hydrogen-bond acceptors (Lipinski definition) is 4. The van der Waals surface area contributed by atoms with E-state index in [1.165, 1.54) is 32.1 Å². The van der Waals surface area contributed by atoms with Gasteiger partial charge >= 0.3 is 0 Å². The quantitative estimate of drug-likeness (QED) is 0.873. The third-order valence-electron chi connectivity index (χ3n) is 4.09. The Morgan fingerprint density at radius 3 is 2.37 bits per heavy atom. The molecule has 19 heavy (non-hydrogen) atoms. The van der Waals surface area contributed by atoms with Crippen LogP contribution in [0, 0.1) is 6.92 Å². The van der Waals surface area contributed by atoms with E-state index < -0.39 is 0 Å². The Balaban J connectivity index is 2.28. The Morgan fingerprint density at radius 1 is 1.16 bits per heavy atom. The fourth-order valence-corrected chi connectivity index (χ4v) is 2.67. The first-order chi connectivity index (χ1) is 8.91. The molecule has 4 nitrogen and oxygen atoms in total. The van der Waals surface area contributed by atoms with Crippen LogP contribution in [0.2, 0.25) is 0 Å². The minimum atomic E-state index is 0.151. The van der Waals surface area contributed by atoms with Crippen molar-refractivity contribution in [1.82, 2.24) is 9.97 Å². The molecular formula is C15H26N4. The van der Waals surface area contributed by atoms with Gasteiger partial charge < -0.3 is 11.1 Å².